The van der Waals surface area contributed by atoms with E-state index in [-0.39, 0.29) is 5.69 Å². The van der Waals surface area contributed by atoms with Crippen LogP contribution in [-0.2, 0) is 6.18 Å². The summed E-state index contributed by atoms with van der Waals surface area (Å²) in [6, 6.07) is 3.47. The van der Waals surface area contributed by atoms with E-state index in [9.17, 15) is 18.0 Å². The minimum atomic E-state index is -4.37. The van der Waals surface area contributed by atoms with Gasteiger partial charge in [0, 0.05) is 5.69 Å². The molecule has 0 saturated heterocycles. The van der Waals surface area contributed by atoms with E-state index in [1.54, 1.807) is 0 Å². The topological polar surface area (TPSA) is 41.1 Å². The van der Waals surface area contributed by atoms with Crippen molar-refractivity contribution in [1.29, 1.82) is 0 Å². The van der Waals surface area contributed by atoms with Gasteiger partial charge in [0.15, 0.2) is 0 Å². The molecule has 0 radical (unpaired) electrons. The summed E-state index contributed by atoms with van der Waals surface area (Å²) in [4.78, 5) is 10.7. The highest BCUT2D eigenvalue weighted by Crippen LogP contribution is 2.29. The Balaban J connectivity index is 2.77. The Hall–Kier alpha value is -1.37. The van der Waals surface area contributed by atoms with Gasteiger partial charge in [-0.2, -0.15) is 13.2 Å². The number of amides is 2. The minimum Gasteiger partial charge on any atom is -0.307 e. The first-order valence-corrected chi connectivity index (χ1v) is 4.26. The molecule has 0 unspecified atom stereocenters. The fourth-order valence-electron chi connectivity index (χ4n) is 0.902. The summed E-state index contributed by atoms with van der Waals surface area (Å²) >= 11 is 3.47. The molecule has 0 aromatic heterocycles. The number of alkyl halides is 3. The lowest BCUT2D eigenvalue weighted by atomic mass is 10.2. The molecule has 0 bridgehead atoms. The number of hydrogen-bond acceptors (Lipinski definition) is 2. The van der Waals surface area contributed by atoms with Crippen LogP contribution in [0.1, 0.15) is 5.56 Å². The summed E-state index contributed by atoms with van der Waals surface area (Å²) in [6.45, 7) is 0. The van der Waals surface area contributed by atoms with E-state index >= 15 is 0 Å². The summed E-state index contributed by atoms with van der Waals surface area (Å²) < 4.78 is 38.4. The van der Waals surface area contributed by atoms with Gasteiger partial charge in [-0.15, -0.1) is 0 Å². The molecule has 0 fully saturated rings. The van der Waals surface area contributed by atoms with Crippen LogP contribution in [0, 0.1) is 0 Å². The van der Waals surface area contributed by atoms with Crippen molar-refractivity contribution in [3.05, 3.63) is 29.8 Å². The Bertz CT molecular complexity index is 350. The van der Waals surface area contributed by atoms with Crippen LogP contribution >= 0.6 is 12.8 Å². The number of anilines is 1. The standard InChI is InChI=1S/C8H7F3N2OS/c9-8(10,11)5-1-3-6(4-2-5)12-7(14)13-15/h1-4,15H,(H2,12,13,14). The first kappa shape index (κ1) is 11.7. The van der Waals surface area contributed by atoms with Gasteiger partial charge >= 0.3 is 12.2 Å². The molecule has 82 valence electrons. The summed E-state index contributed by atoms with van der Waals surface area (Å²) in [5.74, 6) is 0. The first-order valence-electron chi connectivity index (χ1n) is 3.82. The average molecular weight is 236 g/mol. The molecule has 2 amide bonds. The highest BCUT2D eigenvalue weighted by molar-refractivity contribution is 7.78. The Morgan fingerprint density at radius 3 is 2.13 bits per heavy atom. The number of urea groups is 1. The Morgan fingerprint density at radius 2 is 1.73 bits per heavy atom. The molecule has 2 N–H and O–H groups in total. The zero-order chi connectivity index (χ0) is 11.5. The molecule has 3 nitrogen and oxygen atoms in total. The first-order chi connectivity index (χ1) is 6.93. The van der Waals surface area contributed by atoms with Gasteiger partial charge in [-0.1, -0.05) is 12.8 Å². The molecule has 0 aliphatic rings. The lowest BCUT2D eigenvalue weighted by molar-refractivity contribution is -0.137. The van der Waals surface area contributed by atoms with Crippen LogP contribution in [0.25, 0.3) is 0 Å². The summed E-state index contributed by atoms with van der Waals surface area (Å²) in [5, 5.41) is 2.28. The Morgan fingerprint density at radius 1 is 1.20 bits per heavy atom. The van der Waals surface area contributed by atoms with Crippen LogP contribution in [0.2, 0.25) is 0 Å². The van der Waals surface area contributed by atoms with E-state index in [2.05, 4.69) is 18.1 Å². The predicted octanol–water partition coefficient (Wildman–Crippen LogP) is 2.67. The molecule has 7 heteroatoms. The molecule has 0 aliphatic carbocycles. The highest BCUT2D eigenvalue weighted by atomic mass is 32.1. The summed E-state index contributed by atoms with van der Waals surface area (Å²) in [7, 11) is 0. The second-order valence-electron chi connectivity index (χ2n) is 2.64. The number of carbonyl (C=O) groups excluding carboxylic acids is 1. The molecular weight excluding hydrogens is 229 g/mol. The number of halogens is 3. The van der Waals surface area contributed by atoms with Crippen molar-refractivity contribution in [2.45, 2.75) is 6.18 Å². The van der Waals surface area contributed by atoms with Gasteiger partial charge in [0.1, 0.15) is 0 Å². The second-order valence-corrected chi connectivity index (χ2v) is 2.86. The van der Waals surface area contributed by atoms with E-state index in [0.29, 0.717) is 0 Å². The predicted molar refractivity (Wildman–Crippen MR) is 52.6 cm³/mol. The summed E-state index contributed by atoms with van der Waals surface area (Å²) in [5.41, 5.74) is -0.506. The van der Waals surface area contributed by atoms with Gasteiger partial charge in [0.25, 0.3) is 0 Å². The normalized spacial score (nSPS) is 10.9. The van der Waals surface area contributed by atoms with Gasteiger partial charge < -0.3 is 5.32 Å². The average Bonchev–Trinajstić information content (AvgIpc) is 2.17. The molecule has 1 rings (SSSR count). The minimum absolute atomic E-state index is 0.259. The van der Waals surface area contributed by atoms with Crippen molar-refractivity contribution < 1.29 is 18.0 Å². The third-order valence-corrected chi connectivity index (χ3v) is 1.77. The van der Waals surface area contributed by atoms with Crippen molar-refractivity contribution in [2.75, 3.05) is 5.32 Å². The smallest absolute Gasteiger partial charge is 0.307 e. The Kier molecular flexibility index (Phi) is 3.46. The molecule has 0 atom stereocenters. The molecule has 1 aromatic carbocycles. The van der Waals surface area contributed by atoms with Gasteiger partial charge in [-0.05, 0) is 24.3 Å². The van der Waals surface area contributed by atoms with Crippen LogP contribution in [0.3, 0.4) is 0 Å². The van der Waals surface area contributed by atoms with Crippen molar-refractivity contribution >= 4 is 24.5 Å². The van der Waals surface area contributed by atoms with Gasteiger partial charge in [-0.3, -0.25) is 4.72 Å². The van der Waals surface area contributed by atoms with E-state index in [1.165, 1.54) is 0 Å². The van der Waals surface area contributed by atoms with Crippen molar-refractivity contribution in [2.24, 2.45) is 0 Å². The Labute approximate surface area is 89.2 Å². The van der Waals surface area contributed by atoms with Crippen LogP contribution in [0.15, 0.2) is 24.3 Å². The number of thiol groups is 1. The van der Waals surface area contributed by atoms with Gasteiger partial charge in [-0.25, -0.2) is 4.79 Å². The fraction of sp³-hybridized carbons (Fsp3) is 0.125. The molecule has 0 saturated carbocycles. The fourth-order valence-corrected chi connectivity index (χ4v) is 0.957. The van der Waals surface area contributed by atoms with Gasteiger partial charge in [0.2, 0.25) is 0 Å². The van der Waals surface area contributed by atoms with Crippen molar-refractivity contribution in [1.82, 2.24) is 4.72 Å². The number of carbonyl (C=O) groups is 1. The number of rotatable bonds is 1. The molecule has 0 spiro atoms. The SMILES string of the molecule is O=C(NS)Nc1ccc(C(F)(F)F)cc1. The monoisotopic (exact) mass is 236 g/mol. The third kappa shape index (κ3) is 3.35. The van der Waals surface area contributed by atoms with Crippen LogP contribution in [-0.4, -0.2) is 6.03 Å². The van der Waals surface area contributed by atoms with Crippen LogP contribution < -0.4 is 10.0 Å². The molecule has 0 aliphatic heterocycles. The molecule has 0 heterocycles. The van der Waals surface area contributed by atoms with E-state index in [1.807, 2.05) is 4.72 Å². The molecule has 15 heavy (non-hydrogen) atoms. The van der Waals surface area contributed by atoms with Crippen molar-refractivity contribution in [3.63, 3.8) is 0 Å². The van der Waals surface area contributed by atoms with E-state index < -0.39 is 17.8 Å². The molecule has 1 aromatic rings. The lowest BCUT2D eigenvalue weighted by Gasteiger charge is -2.08. The highest BCUT2D eigenvalue weighted by Gasteiger charge is 2.29. The maximum atomic E-state index is 12.1. The van der Waals surface area contributed by atoms with Crippen LogP contribution in [0.4, 0.5) is 23.7 Å². The quantitative estimate of drug-likeness (QED) is 0.645. The van der Waals surface area contributed by atoms with E-state index in [4.69, 9.17) is 0 Å². The third-order valence-electron chi connectivity index (χ3n) is 1.57. The zero-order valence-corrected chi connectivity index (χ0v) is 8.19. The largest absolute Gasteiger partial charge is 0.416 e. The lowest BCUT2D eigenvalue weighted by Crippen LogP contribution is -2.20. The van der Waals surface area contributed by atoms with Gasteiger partial charge in [0.05, 0.1) is 5.56 Å². The number of hydrogen-bond donors (Lipinski definition) is 3. The summed E-state index contributed by atoms with van der Waals surface area (Å²) in [6.07, 6.45) is -4.37. The molecular formula is C8H7F3N2OS. The second kappa shape index (κ2) is 4.43. The van der Waals surface area contributed by atoms with Crippen LogP contribution in [0.5, 0.6) is 0 Å². The number of nitrogens with one attached hydrogen (secondary N) is 2. The van der Waals surface area contributed by atoms with Crippen molar-refractivity contribution in [3.8, 4) is 0 Å². The number of benzene rings is 1. The van der Waals surface area contributed by atoms with E-state index in [0.717, 1.165) is 24.3 Å². The maximum Gasteiger partial charge on any atom is 0.416 e. The maximum absolute atomic E-state index is 12.1. The zero-order valence-electron chi connectivity index (χ0n) is 7.30.